The molecule has 1 aliphatic heterocycles. The zero-order chi connectivity index (χ0) is 31.3. The molecule has 3 amide bonds. The highest BCUT2D eigenvalue weighted by Crippen LogP contribution is 2.40. The van der Waals surface area contributed by atoms with E-state index in [2.05, 4.69) is 10.6 Å². The first-order valence-electron chi connectivity index (χ1n) is 13.9. The lowest BCUT2D eigenvalue weighted by Crippen LogP contribution is -2.58. The summed E-state index contributed by atoms with van der Waals surface area (Å²) in [5.74, 6) is -2.26. The van der Waals surface area contributed by atoms with Crippen molar-refractivity contribution in [3.05, 3.63) is 99.8 Å². The number of phenols is 1. The van der Waals surface area contributed by atoms with Crippen LogP contribution in [0.1, 0.15) is 47.3 Å². The van der Waals surface area contributed by atoms with E-state index < -0.39 is 46.5 Å². The molecule has 0 saturated carbocycles. The van der Waals surface area contributed by atoms with E-state index in [1.54, 1.807) is 19.1 Å². The molecule has 0 aliphatic carbocycles. The summed E-state index contributed by atoms with van der Waals surface area (Å²) in [6.45, 7) is 5.06. The largest absolute Gasteiger partial charge is 0.508 e. The van der Waals surface area contributed by atoms with Crippen LogP contribution >= 0.6 is 23.4 Å². The summed E-state index contributed by atoms with van der Waals surface area (Å²) in [6, 6.07) is 16.3. The van der Waals surface area contributed by atoms with Crippen LogP contribution in [0.5, 0.6) is 5.75 Å². The second-order valence-corrected chi connectivity index (χ2v) is 13.0. The number of hydrogen-bond acceptors (Lipinski definition) is 6. The summed E-state index contributed by atoms with van der Waals surface area (Å²) in [6.07, 6.45) is -0.980. The van der Waals surface area contributed by atoms with Crippen molar-refractivity contribution in [2.24, 2.45) is 0 Å². The normalized spacial score (nSPS) is 17.3. The summed E-state index contributed by atoms with van der Waals surface area (Å²) >= 11 is 7.49. The maximum absolute atomic E-state index is 14.3. The molecule has 1 aliphatic rings. The van der Waals surface area contributed by atoms with Crippen LogP contribution in [0.4, 0.5) is 4.39 Å². The van der Waals surface area contributed by atoms with Gasteiger partial charge >= 0.3 is 0 Å². The van der Waals surface area contributed by atoms with Gasteiger partial charge in [-0.05, 0) is 63.4 Å². The summed E-state index contributed by atoms with van der Waals surface area (Å²) < 4.78 is 13.6. The Labute approximate surface area is 259 Å². The van der Waals surface area contributed by atoms with Gasteiger partial charge in [0.2, 0.25) is 5.91 Å². The highest BCUT2D eigenvalue weighted by molar-refractivity contribution is 8.00. The molecule has 11 heteroatoms. The van der Waals surface area contributed by atoms with E-state index >= 15 is 0 Å². The van der Waals surface area contributed by atoms with E-state index in [1.165, 1.54) is 40.9 Å². The van der Waals surface area contributed by atoms with Gasteiger partial charge in [0.15, 0.2) is 6.10 Å². The van der Waals surface area contributed by atoms with E-state index in [-0.39, 0.29) is 40.7 Å². The Morgan fingerprint density at radius 2 is 1.79 bits per heavy atom. The first-order valence-corrected chi connectivity index (χ1v) is 15.2. The predicted octanol–water partition coefficient (Wildman–Crippen LogP) is 4.58. The van der Waals surface area contributed by atoms with Gasteiger partial charge in [0, 0.05) is 33.0 Å². The predicted molar refractivity (Wildman–Crippen MR) is 165 cm³/mol. The molecule has 43 heavy (non-hydrogen) atoms. The molecule has 3 atom stereocenters. The number of aromatic hydroxyl groups is 1. The number of aryl methyl sites for hydroxylation is 1. The molecule has 0 bridgehead atoms. The Morgan fingerprint density at radius 1 is 1.09 bits per heavy atom. The smallest absolute Gasteiger partial charge is 0.254 e. The average molecular weight is 628 g/mol. The summed E-state index contributed by atoms with van der Waals surface area (Å²) in [4.78, 5) is 41.9. The van der Waals surface area contributed by atoms with Gasteiger partial charge in [0.1, 0.15) is 17.6 Å². The molecule has 4 N–H and O–H groups in total. The number of nitrogens with one attached hydrogen (secondary N) is 2. The van der Waals surface area contributed by atoms with E-state index in [1.807, 2.05) is 44.2 Å². The van der Waals surface area contributed by atoms with Crippen molar-refractivity contribution in [3.63, 3.8) is 0 Å². The topological polar surface area (TPSA) is 119 Å². The molecule has 1 heterocycles. The van der Waals surface area contributed by atoms with Crippen LogP contribution in [0.15, 0.2) is 66.7 Å². The van der Waals surface area contributed by atoms with Crippen LogP contribution in [0.25, 0.3) is 0 Å². The molecule has 4 rings (SSSR count). The fourth-order valence-electron chi connectivity index (χ4n) is 5.12. The number of carbonyl (C=O) groups excluding carboxylic acids is 3. The number of aliphatic hydroxyl groups is 1. The monoisotopic (exact) mass is 627 g/mol. The molecule has 0 radical (unpaired) electrons. The number of aliphatic hydroxyl groups excluding tert-OH is 1. The van der Waals surface area contributed by atoms with Crippen molar-refractivity contribution in [1.82, 2.24) is 15.5 Å². The minimum Gasteiger partial charge on any atom is -0.508 e. The van der Waals surface area contributed by atoms with Crippen molar-refractivity contribution >= 4 is 41.1 Å². The van der Waals surface area contributed by atoms with E-state index in [9.17, 15) is 29.0 Å². The van der Waals surface area contributed by atoms with E-state index in [0.29, 0.717) is 12.0 Å². The minimum absolute atomic E-state index is 0.0491. The zero-order valence-electron chi connectivity index (χ0n) is 24.1. The number of amides is 3. The summed E-state index contributed by atoms with van der Waals surface area (Å²) in [7, 11) is 0. The lowest BCUT2D eigenvalue weighted by Gasteiger charge is -2.33. The number of benzene rings is 3. The Kier molecular flexibility index (Phi) is 10.4. The van der Waals surface area contributed by atoms with E-state index in [0.717, 1.165) is 5.56 Å². The van der Waals surface area contributed by atoms with Crippen LogP contribution in [0, 0.1) is 12.7 Å². The van der Waals surface area contributed by atoms with Crippen LogP contribution in [-0.2, 0) is 22.6 Å². The van der Waals surface area contributed by atoms with Gasteiger partial charge in [0.05, 0.1) is 11.9 Å². The third-order valence-corrected chi connectivity index (χ3v) is 9.39. The second kappa shape index (κ2) is 13.8. The third-order valence-electron chi connectivity index (χ3n) is 7.67. The molecule has 3 aromatic rings. The zero-order valence-corrected chi connectivity index (χ0v) is 25.7. The number of hydrogen-bond donors (Lipinski definition) is 4. The lowest BCUT2D eigenvalue weighted by atomic mass is 9.96. The fraction of sp³-hybridized carbons (Fsp3) is 0.344. The highest BCUT2D eigenvalue weighted by Gasteiger charge is 2.49. The summed E-state index contributed by atoms with van der Waals surface area (Å²) in [5, 5.41) is 27.2. The second-order valence-electron chi connectivity index (χ2n) is 11.0. The number of halogens is 2. The maximum atomic E-state index is 14.3. The molecule has 228 valence electrons. The van der Waals surface area contributed by atoms with Crippen molar-refractivity contribution in [1.29, 1.82) is 0 Å². The van der Waals surface area contributed by atoms with Crippen LogP contribution in [0.3, 0.4) is 0 Å². The Hall–Kier alpha value is -3.60. The Bertz CT molecular complexity index is 1470. The molecule has 3 aromatic carbocycles. The number of carbonyl (C=O) groups is 3. The van der Waals surface area contributed by atoms with Crippen molar-refractivity contribution in [2.75, 3.05) is 5.88 Å². The van der Waals surface area contributed by atoms with Crippen LogP contribution < -0.4 is 10.6 Å². The number of nitrogens with zero attached hydrogens (tertiary/aromatic N) is 1. The minimum atomic E-state index is -1.67. The Balaban J connectivity index is 1.55. The van der Waals surface area contributed by atoms with Crippen molar-refractivity contribution < 1.29 is 29.0 Å². The maximum Gasteiger partial charge on any atom is 0.254 e. The van der Waals surface area contributed by atoms with Gasteiger partial charge in [0.25, 0.3) is 11.8 Å². The quantitative estimate of drug-likeness (QED) is 0.261. The number of rotatable bonds is 10. The molecule has 8 nitrogen and oxygen atoms in total. The van der Waals surface area contributed by atoms with Gasteiger partial charge in [-0.3, -0.25) is 14.4 Å². The molecule has 0 spiro atoms. The van der Waals surface area contributed by atoms with Crippen molar-refractivity contribution in [3.8, 4) is 5.75 Å². The SMILES string of the molecule is Cc1c(O)cccc1C(=O)N[C@@H](CCc1ccccc1)[C@H](O)C(=O)N1CSC(C)(C)[C@H]1C(=O)NCc1c(F)cccc1Cl. The highest BCUT2D eigenvalue weighted by atomic mass is 35.5. The van der Waals surface area contributed by atoms with Gasteiger partial charge < -0.3 is 25.7 Å². The van der Waals surface area contributed by atoms with Crippen LogP contribution in [-0.4, -0.2) is 61.6 Å². The standard InChI is InChI=1S/C32H35ClFN3O5S/c1-19-21(11-7-14-26(19)38)29(40)36-25(16-15-20-9-5-4-6-10-20)27(39)31(42)37-18-43-32(2,3)28(37)30(41)35-17-22-23(33)12-8-13-24(22)34/h4-14,25,27-28,38-39H,15-18H2,1-3H3,(H,35,41)(H,36,40)/t25-,27-,28+/m0/s1. The number of phenolic OH excluding ortho intramolecular Hbond substituents is 1. The van der Waals surface area contributed by atoms with Gasteiger partial charge in [-0.2, -0.15) is 0 Å². The van der Waals surface area contributed by atoms with E-state index in [4.69, 9.17) is 11.6 Å². The molecule has 1 saturated heterocycles. The molecular formula is C32H35ClFN3O5S. The molecule has 0 aromatic heterocycles. The summed E-state index contributed by atoms with van der Waals surface area (Å²) in [5.41, 5.74) is 1.67. The van der Waals surface area contributed by atoms with Gasteiger partial charge in [-0.1, -0.05) is 54.1 Å². The van der Waals surface area contributed by atoms with Crippen molar-refractivity contribution in [2.45, 2.75) is 63.1 Å². The van der Waals surface area contributed by atoms with Gasteiger partial charge in [-0.15, -0.1) is 11.8 Å². The van der Waals surface area contributed by atoms with Crippen LogP contribution in [0.2, 0.25) is 5.02 Å². The first kappa shape index (κ1) is 32.3. The molecule has 1 fully saturated rings. The third kappa shape index (κ3) is 7.49. The molecule has 0 unspecified atom stereocenters. The first-order chi connectivity index (χ1) is 20.4. The van der Waals surface area contributed by atoms with Gasteiger partial charge in [-0.25, -0.2) is 4.39 Å². The average Bonchev–Trinajstić information content (AvgIpc) is 3.30. The lowest BCUT2D eigenvalue weighted by molar-refractivity contribution is -0.147. The fourth-order valence-corrected chi connectivity index (χ4v) is 6.49. The number of thioether (sulfide) groups is 1. The molecular weight excluding hydrogens is 593 g/mol. The Morgan fingerprint density at radius 3 is 2.49 bits per heavy atom.